The highest BCUT2D eigenvalue weighted by Crippen LogP contribution is 2.24. The molecule has 0 aliphatic heterocycles. The first-order valence-corrected chi connectivity index (χ1v) is 4.81. The first-order valence-electron chi connectivity index (χ1n) is 4.81. The molecular weight excluding hydrogens is 170 g/mol. The minimum Gasteiger partial charge on any atom is -0.481 e. The Hall–Kier alpha value is -0.610. The number of rotatable bonds is 4. The van der Waals surface area contributed by atoms with Crippen LogP contribution < -0.4 is 5.32 Å². The van der Waals surface area contributed by atoms with Crippen LogP contribution in [0.5, 0.6) is 0 Å². The lowest BCUT2D eigenvalue weighted by atomic mass is 9.86. The summed E-state index contributed by atoms with van der Waals surface area (Å²) in [6, 6.07) is 0.280. The van der Waals surface area contributed by atoms with Gasteiger partial charge < -0.3 is 15.5 Å². The normalized spacial score (nSPS) is 28.7. The number of carboxylic acids is 1. The van der Waals surface area contributed by atoms with Gasteiger partial charge in [-0.05, 0) is 19.3 Å². The third kappa shape index (κ3) is 3.32. The molecule has 0 radical (unpaired) electrons. The number of nitrogens with one attached hydrogen (secondary N) is 1. The average molecular weight is 187 g/mol. The lowest BCUT2D eigenvalue weighted by molar-refractivity contribution is -0.143. The Bertz CT molecular complexity index is 172. The standard InChI is InChI=1S/C9H17NO3/c11-5-4-10-8-3-1-2-7(6-8)9(12)13/h7-8,10-11H,1-6H2,(H,12,13). The number of aliphatic hydroxyl groups excluding tert-OH is 1. The third-order valence-corrected chi connectivity index (χ3v) is 2.57. The number of hydrogen-bond donors (Lipinski definition) is 3. The maximum absolute atomic E-state index is 10.7. The van der Waals surface area contributed by atoms with Crippen LogP contribution in [0.4, 0.5) is 0 Å². The van der Waals surface area contributed by atoms with Gasteiger partial charge in [0.1, 0.15) is 0 Å². The minimum atomic E-state index is -0.685. The van der Waals surface area contributed by atoms with Gasteiger partial charge in [-0.3, -0.25) is 4.79 Å². The lowest BCUT2D eigenvalue weighted by Gasteiger charge is -2.27. The Labute approximate surface area is 78.0 Å². The highest BCUT2D eigenvalue weighted by molar-refractivity contribution is 5.70. The lowest BCUT2D eigenvalue weighted by Crippen LogP contribution is -2.37. The summed E-state index contributed by atoms with van der Waals surface area (Å²) in [4.78, 5) is 10.7. The number of aliphatic carboxylic acids is 1. The van der Waals surface area contributed by atoms with E-state index in [0.29, 0.717) is 13.0 Å². The first-order chi connectivity index (χ1) is 6.24. The molecule has 0 spiro atoms. The molecule has 76 valence electrons. The maximum Gasteiger partial charge on any atom is 0.306 e. The number of carboxylic acid groups (broad SMARTS) is 1. The van der Waals surface area contributed by atoms with Gasteiger partial charge in [0, 0.05) is 12.6 Å². The van der Waals surface area contributed by atoms with Crippen LogP contribution in [0.2, 0.25) is 0 Å². The van der Waals surface area contributed by atoms with E-state index >= 15 is 0 Å². The van der Waals surface area contributed by atoms with Crippen molar-refractivity contribution in [3.8, 4) is 0 Å². The monoisotopic (exact) mass is 187 g/mol. The van der Waals surface area contributed by atoms with Gasteiger partial charge in [-0.2, -0.15) is 0 Å². The van der Waals surface area contributed by atoms with Crippen LogP contribution in [-0.2, 0) is 4.79 Å². The van der Waals surface area contributed by atoms with Crippen molar-refractivity contribution in [2.75, 3.05) is 13.2 Å². The van der Waals surface area contributed by atoms with Crippen LogP contribution in [0.3, 0.4) is 0 Å². The summed E-state index contributed by atoms with van der Waals surface area (Å²) < 4.78 is 0. The number of hydrogen-bond acceptors (Lipinski definition) is 3. The minimum absolute atomic E-state index is 0.119. The summed E-state index contributed by atoms with van der Waals surface area (Å²) in [7, 11) is 0. The van der Waals surface area contributed by atoms with Gasteiger partial charge in [0.15, 0.2) is 0 Å². The van der Waals surface area contributed by atoms with E-state index in [4.69, 9.17) is 10.2 Å². The molecule has 0 bridgehead atoms. The van der Waals surface area contributed by atoms with Gasteiger partial charge in [-0.15, -0.1) is 0 Å². The Morgan fingerprint density at radius 1 is 1.46 bits per heavy atom. The summed E-state index contributed by atoms with van der Waals surface area (Å²) in [5.41, 5.74) is 0. The molecule has 0 aromatic carbocycles. The van der Waals surface area contributed by atoms with Gasteiger partial charge in [0.05, 0.1) is 12.5 Å². The second-order valence-corrected chi connectivity index (χ2v) is 3.58. The molecule has 0 aromatic heterocycles. The molecule has 3 N–H and O–H groups in total. The van der Waals surface area contributed by atoms with Crippen molar-refractivity contribution < 1.29 is 15.0 Å². The molecule has 0 saturated heterocycles. The molecule has 1 rings (SSSR count). The fraction of sp³-hybridized carbons (Fsp3) is 0.889. The van der Waals surface area contributed by atoms with Gasteiger partial charge in [0.2, 0.25) is 0 Å². The van der Waals surface area contributed by atoms with Gasteiger partial charge in [-0.25, -0.2) is 0 Å². The largest absolute Gasteiger partial charge is 0.481 e. The molecule has 4 nitrogen and oxygen atoms in total. The molecule has 1 fully saturated rings. The van der Waals surface area contributed by atoms with E-state index in [-0.39, 0.29) is 18.6 Å². The first kappa shape index (κ1) is 10.5. The van der Waals surface area contributed by atoms with E-state index in [0.717, 1.165) is 19.3 Å². The topological polar surface area (TPSA) is 69.6 Å². The van der Waals surface area contributed by atoms with Crippen molar-refractivity contribution in [1.82, 2.24) is 5.32 Å². The Kier molecular flexibility index (Phi) is 4.18. The highest BCUT2D eigenvalue weighted by Gasteiger charge is 2.26. The maximum atomic E-state index is 10.7. The highest BCUT2D eigenvalue weighted by atomic mass is 16.4. The predicted octanol–water partition coefficient (Wildman–Crippen LogP) is 0.212. The third-order valence-electron chi connectivity index (χ3n) is 2.57. The van der Waals surface area contributed by atoms with Crippen LogP contribution in [0.25, 0.3) is 0 Å². The SMILES string of the molecule is O=C(O)C1CCCC(NCCO)C1. The van der Waals surface area contributed by atoms with Crippen molar-refractivity contribution in [3.63, 3.8) is 0 Å². The second kappa shape index (κ2) is 5.19. The van der Waals surface area contributed by atoms with Crippen molar-refractivity contribution in [1.29, 1.82) is 0 Å². The van der Waals surface area contributed by atoms with Crippen molar-refractivity contribution in [2.45, 2.75) is 31.7 Å². The van der Waals surface area contributed by atoms with E-state index in [1.54, 1.807) is 0 Å². The van der Waals surface area contributed by atoms with Gasteiger partial charge >= 0.3 is 5.97 Å². The summed E-state index contributed by atoms with van der Waals surface area (Å²) >= 11 is 0. The molecule has 0 heterocycles. The number of carbonyl (C=O) groups is 1. The van der Waals surface area contributed by atoms with Crippen LogP contribution >= 0.6 is 0 Å². The summed E-state index contributed by atoms with van der Waals surface area (Å²) in [5.74, 6) is -0.875. The molecule has 4 heteroatoms. The summed E-state index contributed by atoms with van der Waals surface area (Å²) in [5, 5.41) is 20.5. The van der Waals surface area contributed by atoms with E-state index in [1.165, 1.54) is 0 Å². The van der Waals surface area contributed by atoms with E-state index in [1.807, 2.05) is 0 Å². The van der Waals surface area contributed by atoms with E-state index < -0.39 is 5.97 Å². The van der Waals surface area contributed by atoms with Gasteiger partial charge in [-0.1, -0.05) is 6.42 Å². The smallest absolute Gasteiger partial charge is 0.306 e. The zero-order valence-electron chi connectivity index (χ0n) is 7.70. The van der Waals surface area contributed by atoms with E-state index in [2.05, 4.69) is 5.32 Å². The van der Waals surface area contributed by atoms with Crippen LogP contribution in [0.15, 0.2) is 0 Å². The number of aliphatic hydroxyl groups is 1. The molecule has 0 aromatic rings. The predicted molar refractivity (Wildman–Crippen MR) is 48.5 cm³/mol. The average Bonchev–Trinajstić information content (AvgIpc) is 2.15. The quantitative estimate of drug-likeness (QED) is 0.588. The van der Waals surface area contributed by atoms with Gasteiger partial charge in [0.25, 0.3) is 0 Å². The Balaban J connectivity index is 2.29. The van der Waals surface area contributed by atoms with Crippen LogP contribution in [-0.4, -0.2) is 35.4 Å². The fourth-order valence-electron chi connectivity index (χ4n) is 1.87. The molecule has 1 saturated carbocycles. The molecule has 13 heavy (non-hydrogen) atoms. The molecule has 1 aliphatic carbocycles. The molecule has 2 unspecified atom stereocenters. The van der Waals surface area contributed by atoms with Crippen LogP contribution in [0.1, 0.15) is 25.7 Å². The summed E-state index contributed by atoms with van der Waals surface area (Å²) in [6.45, 7) is 0.686. The zero-order valence-corrected chi connectivity index (χ0v) is 7.70. The second-order valence-electron chi connectivity index (χ2n) is 3.58. The molecule has 2 atom stereocenters. The van der Waals surface area contributed by atoms with Crippen LogP contribution in [0, 0.1) is 5.92 Å². The fourth-order valence-corrected chi connectivity index (χ4v) is 1.87. The van der Waals surface area contributed by atoms with Crippen molar-refractivity contribution >= 4 is 5.97 Å². The molecule has 1 aliphatic rings. The van der Waals surface area contributed by atoms with Crippen molar-refractivity contribution in [3.05, 3.63) is 0 Å². The van der Waals surface area contributed by atoms with E-state index in [9.17, 15) is 4.79 Å². The summed E-state index contributed by atoms with van der Waals surface area (Å²) in [6.07, 6.45) is 3.51. The molecular formula is C9H17NO3. The Morgan fingerprint density at radius 3 is 2.85 bits per heavy atom. The zero-order chi connectivity index (χ0) is 9.68. The Morgan fingerprint density at radius 2 is 2.23 bits per heavy atom. The molecule has 0 amide bonds. The van der Waals surface area contributed by atoms with Crippen molar-refractivity contribution in [2.24, 2.45) is 5.92 Å².